The van der Waals surface area contributed by atoms with Gasteiger partial charge in [-0.25, -0.2) is 4.68 Å². The summed E-state index contributed by atoms with van der Waals surface area (Å²) in [6.45, 7) is -0.583. The summed E-state index contributed by atoms with van der Waals surface area (Å²) >= 11 is 3.13. The van der Waals surface area contributed by atoms with Gasteiger partial charge < -0.3 is 35.0 Å². The van der Waals surface area contributed by atoms with Gasteiger partial charge in [-0.1, -0.05) is 11.8 Å². The Balaban J connectivity index is 0.00000241. The number of rotatable bonds is 10. The van der Waals surface area contributed by atoms with E-state index in [9.17, 15) is 39.3 Å². The van der Waals surface area contributed by atoms with Crippen molar-refractivity contribution < 1.29 is 128 Å². The number of carbonyl (C=O) groups excluding carboxylic acids is 5. The Labute approximate surface area is 293 Å². The van der Waals surface area contributed by atoms with Crippen molar-refractivity contribution in [3.63, 3.8) is 0 Å². The number of aromatic nitrogens is 4. The maximum absolute atomic E-state index is 12.7. The molecule has 1 saturated heterocycles. The third kappa shape index (κ3) is 7.85. The number of fused-ring (bicyclic) bond motifs is 1. The molecule has 1 N–H and O–H groups in total. The van der Waals surface area contributed by atoms with Crippen LogP contribution in [-0.2, 0) is 32.1 Å². The van der Waals surface area contributed by atoms with E-state index in [-0.39, 0.29) is 128 Å². The van der Waals surface area contributed by atoms with Gasteiger partial charge in [-0.05, 0) is 33.0 Å². The number of tetrazole rings is 1. The Hall–Kier alpha value is -0.440. The summed E-state index contributed by atoms with van der Waals surface area (Å²) < 4.78 is 0.984. The van der Waals surface area contributed by atoms with Gasteiger partial charge >= 0.3 is 88.7 Å². The average Bonchev–Trinajstić information content (AvgIpc) is 3.44. The Kier molecular flexibility index (Phi) is 14.5. The molecular formula is C18H13N6Na3O8S3. The molecule has 20 heteroatoms. The van der Waals surface area contributed by atoms with Crippen molar-refractivity contribution in [2.75, 3.05) is 11.5 Å². The van der Waals surface area contributed by atoms with Gasteiger partial charge in [0.05, 0.1) is 41.4 Å². The normalized spacial score (nSPS) is 17.7. The standard InChI is InChI=1S/C18H16N6O8S3.3Na/c25-9(3-7-1-2-33-13(7)17(31)32)19-11-14(28)24-12(16(29)30)8(5-34-15(11)24)6-35-18-20-21-22-23(18)4-10(26)27;;;/h1-2,11,15H,3-6H2,(H,19,25)(H,26,27)(H,29,30)(H,31,32);;;/q;3*+1/p-3/t11?,15-;;;/m1.../s1. The minimum atomic E-state index is -1.57. The molecule has 0 bridgehead atoms. The van der Waals surface area contributed by atoms with E-state index in [0.717, 1.165) is 32.7 Å². The van der Waals surface area contributed by atoms with Crippen molar-refractivity contribution in [2.45, 2.75) is 29.5 Å². The van der Waals surface area contributed by atoms with Gasteiger partial charge in [0.15, 0.2) is 0 Å². The molecule has 0 saturated carbocycles. The zero-order valence-corrected chi connectivity index (χ0v) is 28.8. The number of thiophene rings is 1. The van der Waals surface area contributed by atoms with E-state index < -0.39 is 47.7 Å². The third-order valence-electron chi connectivity index (χ3n) is 4.99. The quantitative estimate of drug-likeness (QED) is 0.151. The van der Waals surface area contributed by atoms with Crippen LogP contribution in [0.25, 0.3) is 0 Å². The van der Waals surface area contributed by atoms with Crippen molar-refractivity contribution >= 4 is 64.6 Å². The summed E-state index contributed by atoms with van der Waals surface area (Å²) in [6.07, 6.45) is -0.278. The van der Waals surface area contributed by atoms with E-state index >= 15 is 0 Å². The molecule has 4 rings (SSSR count). The molecule has 2 amide bonds. The smallest absolute Gasteiger partial charge is 0.548 e. The molecule has 2 aliphatic heterocycles. The van der Waals surface area contributed by atoms with Crippen molar-refractivity contribution in [2.24, 2.45) is 0 Å². The first-order chi connectivity index (χ1) is 16.7. The number of β-lactam (4-membered cyclic amide) rings is 1. The van der Waals surface area contributed by atoms with Gasteiger partial charge in [0.2, 0.25) is 11.1 Å². The second-order valence-corrected chi connectivity index (χ2v) is 10.2. The van der Waals surface area contributed by atoms with E-state index in [1.54, 1.807) is 0 Å². The molecule has 2 aliphatic rings. The number of nitrogens with zero attached hydrogens (tertiary/aromatic N) is 5. The predicted molar refractivity (Wildman–Crippen MR) is 113 cm³/mol. The van der Waals surface area contributed by atoms with Crippen molar-refractivity contribution in [3.8, 4) is 0 Å². The van der Waals surface area contributed by atoms with Crippen LogP contribution in [0.15, 0.2) is 27.9 Å². The van der Waals surface area contributed by atoms with Crippen molar-refractivity contribution in [1.29, 1.82) is 0 Å². The number of nitrogens with one attached hydrogen (secondary N) is 1. The summed E-state index contributed by atoms with van der Waals surface area (Å²) in [5, 5.41) is 47.8. The van der Waals surface area contributed by atoms with Crippen LogP contribution in [-0.4, -0.2) is 77.8 Å². The summed E-state index contributed by atoms with van der Waals surface area (Å²) in [5.41, 5.74) is 0.269. The average molecular weight is 607 g/mol. The number of hydrogen-bond acceptors (Lipinski definition) is 14. The van der Waals surface area contributed by atoms with Gasteiger partial charge in [0.25, 0.3) is 5.91 Å². The number of aromatic carboxylic acids is 1. The van der Waals surface area contributed by atoms with E-state index in [0.29, 0.717) is 5.57 Å². The Morgan fingerprint density at radius 1 is 1.13 bits per heavy atom. The molecule has 14 nitrogen and oxygen atoms in total. The summed E-state index contributed by atoms with van der Waals surface area (Å²) in [4.78, 5) is 59.9. The van der Waals surface area contributed by atoms with E-state index in [2.05, 4.69) is 20.8 Å². The van der Waals surface area contributed by atoms with Crippen LogP contribution in [0.2, 0.25) is 0 Å². The molecule has 0 aliphatic carbocycles. The van der Waals surface area contributed by atoms with Crippen LogP contribution in [0.5, 0.6) is 0 Å². The molecule has 2 atom stereocenters. The van der Waals surface area contributed by atoms with Crippen LogP contribution in [0.3, 0.4) is 0 Å². The molecule has 0 radical (unpaired) electrons. The van der Waals surface area contributed by atoms with Gasteiger partial charge in [0, 0.05) is 11.5 Å². The number of amides is 2. The molecule has 4 heterocycles. The fourth-order valence-electron chi connectivity index (χ4n) is 3.51. The molecule has 1 unspecified atom stereocenters. The number of hydrogen-bond donors (Lipinski definition) is 1. The molecule has 38 heavy (non-hydrogen) atoms. The zero-order valence-electron chi connectivity index (χ0n) is 20.4. The first kappa shape index (κ1) is 35.6. The van der Waals surface area contributed by atoms with E-state index in [1.165, 1.54) is 23.2 Å². The number of carboxylic acids is 3. The minimum Gasteiger partial charge on any atom is -0.548 e. The second kappa shape index (κ2) is 15.5. The molecular weight excluding hydrogens is 593 g/mol. The maximum atomic E-state index is 12.7. The monoisotopic (exact) mass is 606 g/mol. The van der Waals surface area contributed by atoms with Crippen molar-refractivity contribution in [3.05, 3.63) is 33.2 Å². The van der Waals surface area contributed by atoms with E-state index in [4.69, 9.17) is 0 Å². The largest absolute Gasteiger partial charge is 1.00 e. The first-order valence-corrected chi connectivity index (χ1v) is 12.6. The third-order valence-corrected chi connectivity index (χ3v) is 8.31. The molecule has 1 fully saturated rings. The maximum Gasteiger partial charge on any atom is 1.00 e. The van der Waals surface area contributed by atoms with Gasteiger partial charge in [0.1, 0.15) is 11.4 Å². The summed E-state index contributed by atoms with van der Waals surface area (Å²) in [6, 6.07) is 0.487. The molecule has 0 aromatic carbocycles. The van der Waals surface area contributed by atoms with Crippen LogP contribution in [0.4, 0.5) is 0 Å². The fourth-order valence-corrected chi connectivity index (χ4v) is 6.63. The molecule has 2 aromatic rings. The summed E-state index contributed by atoms with van der Waals surface area (Å²) in [5.74, 6) is -5.39. The minimum absolute atomic E-state index is 0. The van der Waals surface area contributed by atoms with Crippen LogP contribution in [0, 0.1) is 0 Å². The summed E-state index contributed by atoms with van der Waals surface area (Å²) in [7, 11) is 0. The number of carboxylic acid groups (broad SMARTS) is 3. The molecule has 2 aromatic heterocycles. The van der Waals surface area contributed by atoms with Crippen LogP contribution < -0.4 is 109 Å². The van der Waals surface area contributed by atoms with Gasteiger partial charge in [-0.3, -0.25) is 14.5 Å². The topological polar surface area (TPSA) is 213 Å². The Bertz CT molecular complexity index is 1270. The van der Waals surface area contributed by atoms with Gasteiger partial charge in [-0.15, -0.1) is 28.2 Å². The number of aliphatic carboxylic acids is 2. The van der Waals surface area contributed by atoms with E-state index in [1.807, 2.05) is 0 Å². The fraction of sp³-hybridized carbons (Fsp3) is 0.333. The van der Waals surface area contributed by atoms with Crippen LogP contribution in [0.1, 0.15) is 15.2 Å². The number of thioether (sulfide) groups is 2. The predicted octanol–water partition coefficient (Wildman–Crippen LogP) is -13.4. The van der Waals surface area contributed by atoms with Crippen LogP contribution >= 0.6 is 34.9 Å². The Morgan fingerprint density at radius 2 is 1.84 bits per heavy atom. The first-order valence-electron chi connectivity index (χ1n) is 9.71. The zero-order chi connectivity index (χ0) is 25.3. The molecule has 0 spiro atoms. The second-order valence-electron chi connectivity index (χ2n) is 7.21. The number of carbonyl (C=O) groups is 5. The SMILES string of the molecule is O=C([O-])Cn1nnnc1SCC1=C(C(=O)[O-])N2C(=O)C(NC(=O)Cc3ccsc3C(=O)[O-])[C@H]2SC1.[Na+].[Na+].[Na+]. The molecule has 184 valence electrons. The Morgan fingerprint density at radius 3 is 2.47 bits per heavy atom. The van der Waals surface area contributed by atoms with Crippen molar-refractivity contribution in [1.82, 2.24) is 30.4 Å². The van der Waals surface area contributed by atoms with Gasteiger partial charge in [-0.2, -0.15) is 0 Å².